The first-order chi connectivity index (χ1) is 36.3. The number of fused-ring (bicyclic) bond motifs is 5. The van der Waals surface area contributed by atoms with Crippen LogP contribution in [-0.2, 0) is 91.7 Å². The number of hydrogen-bond acceptors (Lipinski definition) is 18. The molecule has 0 saturated carbocycles. The summed E-state index contributed by atoms with van der Waals surface area (Å²) in [5.74, 6) is -3.03. The highest BCUT2D eigenvalue weighted by molar-refractivity contribution is 5.95. The summed E-state index contributed by atoms with van der Waals surface area (Å²) < 4.78 is 71.2. The zero-order valence-electron chi connectivity index (χ0n) is 43.7. The molecule has 1 aromatic carbocycles. The number of cyclic esters (lactones) is 1. The number of pyridine rings is 2. The quantitative estimate of drug-likeness (QED) is 0.0318. The lowest BCUT2D eigenvalue weighted by molar-refractivity contribution is -0.172. The van der Waals surface area contributed by atoms with Gasteiger partial charge in [-0.15, -0.1) is 0 Å². The van der Waals surface area contributed by atoms with Crippen LogP contribution in [0, 0.1) is 18.7 Å². The molecule has 2 aromatic heterocycles. The second-order valence-corrected chi connectivity index (χ2v) is 18.5. The maximum Gasteiger partial charge on any atom is 0.343 e. The van der Waals surface area contributed by atoms with Crippen molar-refractivity contribution in [1.82, 2.24) is 25.5 Å². The van der Waals surface area contributed by atoms with Gasteiger partial charge in [0, 0.05) is 35.5 Å². The van der Waals surface area contributed by atoms with E-state index < -0.39 is 59.3 Å². The zero-order chi connectivity index (χ0) is 53.7. The minimum Gasteiger partial charge on any atom is -0.458 e. The van der Waals surface area contributed by atoms with Crippen LogP contribution in [0.4, 0.5) is 4.39 Å². The Morgan fingerprint density at radius 2 is 1.33 bits per heavy atom. The van der Waals surface area contributed by atoms with Crippen LogP contribution in [0.15, 0.2) is 16.9 Å². The number of carbonyl (C=O) groups excluding carboxylic acids is 4. The topological polar surface area (TPSA) is 278 Å². The van der Waals surface area contributed by atoms with Gasteiger partial charge >= 0.3 is 5.97 Å². The monoisotopic (exact) mass is 1060 g/mol. The van der Waals surface area contributed by atoms with Crippen molar-refractivity contribution in [1.29, 1.82) is 0 Å². The van der Waals surface area contributed by atoms with Crippen LogP contribution in [0.3, 0.4) is 0 Å². The van der Waals surface area contributed by atoms with Gasteiger partial charge in [-0.3, -0.25) is 19.2 Å². The number of carbonyl (C=O) groups is 4. The molecule has 4 heterocycles. The van der Waals surface area contributed by atoms with E-state index in [1.165, 1.54) is 10.6 Å². The van der Waals surface area contributed by atoms with Gasteiger partial charge in [-0.25, -0.2) is 14.2 Å². The Morgan fingerprint density at radius 1 is 0.800 bits per heavy atom. The molecule has 3 atom stereocenters. The lowest BCUT2D eigenvalue weighted by atomic mass is 9.81. The number of rotatable bonds is 36. The SMILES string of the molecule is CC[C@@]1(O)C(=O)OCc2c1cc1n(c2=O)Cc2c-1nc1cc(F)c(C)c3c1c2[C@@H](NC(=O)CNC(=O)C(NC(=O)CCOCCOCCOCCOCCOCCOCCOCCOCCOCCN)C(C)C)CC3. The van der Waals surface area contributed by atoms with E-state index in [0.29, 0.717) is 164 Å². The predicted molar refractivity (Wildman–Crippen MR) is 269 cm³/mol. The summed E-state index contributed by atoms with van der Waals surface area (Å²) in [6, 6.07) is 1.39. The maximum absolute atomic E-state index is 15.4. The summed E-state index contributed by atoms with van der Waals surface area (Å²) >= 11 is 0. The molecule has 2 aliphatic heterocycles. The molecule has 3 aliphatic rings. The zero-order valence-corrected chi connectivity index (χ0v) is 43.7. The molecule has 23 heteroatoms. The normalized spacial score (nSPS) is 16.9. The molecule has 3 aromatic rings. The van der Waals surface area contributed by atoms with Crippen LogP contribution >= 0.6 is 0 Å². The molecule has 0 saturated heterocycles. The Balaban J connectivity index is 0.837. The van der Waals surface area contributed by atoms with Crippen LogP contribution in [0.2, 0.25) is 0 Å². The highest BCUT2D eigenvalue weighted by Crippen LogP contribution is 2.46. The Kier molecular flexibility index (Phi) is 23.7. The van der Waals surface area contributed by atoms with Crippen molar-refractivity contribution in [3.8, 4) is 11.4 Å². The summed E-state index contributed by atoms with van der Waals surface area (Å²) in [5.41, 5.74) is 6.80. The average molecular weight is 1060 g/mol. The van der Waals surface area contributed by atoms with Crippen LogP contribution in [0.1, 0.15) is 79.5 Å². The molecule has 0 fully saturated rings. The fourth-order valence-corrected chi connectivity index (χ4v) is 9.11. The number of aromatic nitrogens is 2. The van der Waals surface area contributed by atoms with E-state index in [0.717, 1.165) is 5.56 Å². The number of aliphatic hydroxyl groups is 1. The number of hydrogen-bond donors (Lipinski definition) is 5. The second kappa shape index (κ2) is 30.0. The van der Waals surface area contributed by atoms with Crippen molar-refractivity contribution in [2.45, 2.75) is 84.2 Å². The van der Waals surface area contributed by atoms with Crippen LogP contribution in [-0.4, -0.2) is 176 Å². The number of ether oxygens (including phenoxy) is 10. The molecule has 6 N–H and O–H groups in total. The summed E-state index contributed by atoms with van der Waals surface area (Å²) in [6.45, 7) is 14.3. The Labute approximate surface area is 436 Å². The number of amides is 3. The Morgan fingerprint density at radius 3 is 1.85 bits per heavy atom. The summed E-state index contributed by atoms with van der Waals surface area (Å²) in [7, 11) is 0. The third kappa shape index (κ3) is 16.0. The van der Waals surface area contributed by atoms with Crippen molar-refractivity contribution in [3.63, 3.8) is 0 Å². The maximum atomic E-state index is 15.4. The fourth-order valence-electron chi connectivity index (χ4n) is 9.11. The number of nitrogens with zero attached hydrogens (tertiary/aromatic N) is 2. The van der Waals surface area contributed by atoms with Gasteiger partial charge in [-0.1, -0.05) is 20.8 Å². The minimum absolute atomic E-state index is 0.000520. The molecule has 0 bridgehead atoms. The van der Waals surface area contributed by atoms with Gasteiger partial charge in [-0.05, 0) is 54.9 Å². The van der Waals surface area contributed by atoms with E-state index in [2.05, 4.69) is 16.0 Å². The van der Waals surface area contributed by atoms with Gasteiger partial charge < -0.3 is 78.7 Å². The first-order valence-corrected chi connectivity index (χ1v) is 25.9. The fraction of sp³-hybridized carbons (Fsp3) is 0.654. The van der Waals surface area contributed by atoms with Crippen molar-refractivity contribution >= 4 is 34.6 Å². The van der Waals surface area contributed by atoms with Gasteiger partial charge in [0.15, 0.2) is 5.60 Å². The number of aryl methyl sites for hydroxylation is 1. The van der Waals surface area contributed by atoms with Gasteiger partial charge in [0.05, 0.1) is 161 Å². The first kappa shape index (κ1) is 59.2. The minimum atomic E-state index is -2.03. The molecule has 1 unspecified atom stereocenters. The summed E-state index contributed by atoms with van der Waals surface area (Å²) in [5, 5.41) is 20.5. The average Bonchev–Trinajstić information content (AvgIpc) is 3.82. The molecule has 75 heavy (non-hydrogen) atoms. The number of esters is 1. The number of nitrogens with one attached hydrogen (secondary N) is 3. The van der Waals surface area contributed by atoms with Crippen LogP contribution < -0.4 is 27.2 Å². The molecule has 0 radical (unpaired) electrons. The summed E-state index contributed by atoms with van der Waals surface area (Å²) in [4.78, 5) is 71.5. The molecule has 3 amide bonds. The van der Waals surface area contributed by atoms with Gasteiger partial charge in [0.1, 0.15) is 18.5 Å². The van der Waals surface area contributed by atoms with E-state index in [1.807, 2.05) is 0 Å². The lowest BCUT2D eigenvalue weighted by Gasteiger charge is -2.31. The second-order valence-electron chi connectivity index (χ2n) is 18.5. The van der Waals surface area contributed by atoms with Gasteiger partial charge in [0.25, 0.3) is 5.56 Å². The van der Waals surface area contributed by atoms with E-state index in [1.54, 1.807) is 33.8 Å². The molecule has 6 rings (SSSR count). The highest BCUT2D eigenvalue weighted by Gasteiger charge is 2.46. The van der Waals surface area contributed by atoms with E-state index >= 15 is 4.39 Å². The molecule has 416 valence electrons. The van der Waals surface area contributed by atoms with Crippen molar-refractivity contribution in [2.24, 2.45) is 11.7 Å². The van der Waals surface area contributed by atoms with Crippen LogP contribution in [0.5, 0.6) is 0 Å². The molecule has 1 aliphatic carbocycles. The van der Waals surface area contributed by atoms with Crippen molar-refractivity contribution in [3.05, 3.63) is 61.7 Å². The molecule has 22 nitrogen and oxygen atoms in total. The third-order valence-corrected chi connectivity index (χ3v) is 13.1. The predicted octanol–water partition coefficient (Wildman–Crippen LogP) is 1.39. The van der Waals surface area contributed by atoms with E-state index in [9.17, 15) is 29.1 Å². The third-order valence-electron chi connectivity index (χ3n) is 13.1. The molecular weight excluding hydrogens is 984 g/mol. The van der Waals surface area contributed by atoms with E-state index in [4.69, 9.17) is 58.1 Å². The first-order valence-electron chi connectivity index (χ1n) is 25.9. The lowest BCUT2D eigenvalue weighted by Crippen LogP contribution is -2.51. The van der Waals surface area contributed by atoms with Crippen molar-refractivity contribution in [2.75, 3.05) is 132 Å². The standard InChI is InChI=1S/C52H75FN6O16/c1-5-52(65)38-28-42-48-36(31-59(42)50(63)37(38)32-75-51(52)64)46-40(7-6-35-34(4)39(53)29-41(57-48)45(35)46)56-44(61)30-55-49(62)47(33(2)3)58-43(60)8-10-66-12-14-68-16-18-70-20-22-72-24-26-74-27-25-73-23-21-71-19-17-69-15-13-67-11-9-54/h28-29,33,40,47,65H,5-27,30-32,54H2,1-4H3,(H,55,62)(H,56,61)(H,58,60)/t40-,47?,52-/m0/s1. The van der Waals surface area contributed by atoms with Crippen LogP contribution in [0.25, 0.3) is 22.3 Å². The number of halogens is 1. The number of benzene rings is 1. The molecule has 0 spiro atoms. The summed E-state index contributed by atoms with van der Waals surface area (Å²) in [6.07, 6.45) is 0.798. The highest BCUT2D eigenvalue weighted by atomic mass is 19.1. The number of nitrogens with two attached hydrogens (primary N) is 1. The smallest absolute Gasteiger partial charge is 0.343 e. The van der Waals surface area contributed by atoms with Crippen molar-refractivity contribution < 1.29 is 76.0 Å². The Hall–Kier alpha value is -5.05. The van der Waals surface area contributed by atoms with Gasteiger partial charge in [0.2, 0.25) is 17.7 Å². The Bertz CT molecular complexity index is 2460. The molecular formula is C52H75FN6O16. The largest absolute Gasteiger partial charge is 0.458 e. The van der Waals surface area contributed by atoms with E-state index in [-0.39, 0.29) is 56.3 Å². The van der Waals surface area contributed by atoms with Gasteiger partial charge in [-0.2, -0.15) is 0 Å².